The van der Waals surface area contributed by atoms with Crippen LogP contribution in [0.25, 0.3) is 11.4 Å². The Balaban J connectivity index is 1.70. The molecule has 0 aliphatic carbocycles. The molecule has 0 saturated heterocycles. The number of fused-ring (bicyclic) bond motifs is 1. The first-order chi connectivity index (χ1) is 15.5. The van der Waals surface area contributed by atoms with Gasteiger partial charge < -0.3 is 30.5 Å². The Labute approximate surface area is 189 Å². The van der Waals surface area contributed by atoms with Gasteiger partial charge in [-0.2, -0.15) is 0 Å². The molecule has 33 heavy (non-hydrogen) atoms. The molecule has 1 atom stereocenters. The number of rotatable bonds is 9. The van der Waals surface area contributed by atoms with Crippen molar-refractivity contribution in [2.75, 3.05) is 12.8 Å². The van der Waals surface area contributed by atoms with E-state index in [1.165, 1.54) is 20.3 Å². The van der Waals surface area contributed by atoms with Gasteiger partial charge in [-0.25, -0.2) is 14.8 Å². The van der Waals surface area contributed by atoms with Gasteiger partial charge in [0.1, 0.15) is 11.4 Å². The Hall–Kier alpha value is -4.15. The van der Waals surface area contributed by atoms with E-state index in [1.54, 1.807) is 34.9 Å². The Kier molecular flexibility index (Phi) is 6.52. The molecule has 0 unspecified atom stereocenters. The minimum Gasteiger partial charge on any atom is -0.494 e. The van der Waals surface area contributed by atoms with Crippen molar-refractivity contribution in [1.29, 1.82) is 0 Å². The van der Waals surface area contributed by atoms with E-state index in [0.717, 1.165) is 10.5 Å². The maximum atomic E-state index is 12.9. The molecule has 2 aliphatic heterocycles. The number of hydrogen-bond donors (Lipinski definition) is 4. The highest BCUT2D eigenvalue weighted by atomic mass is 16.4. The molecule has 3 rings (SSSR count). The van der Waals surface area contributed by atoms with Crippen LogP contribution in [0.1, 0.15) is 35.7 Å². The molecule has 174 valence electrons. The number of nitrogens with zero attached hydrogens (tertiary/aromatic N) is 4. The summed E-state index contributed by atoms with van der Waals surface area (Å²) in [5.74, 6) is -2.29. The van der Waals surface area contributed by atoms with Gasteiger partial charge in [0.15, 0.2) is 5.82 Å². The number of anilines is 1. The molecule has 0 aromatic heterocycles. The molecular weight excluding hydrogens is 430 g/mol. The van der Waals surface area contributed by atoms with E-state index in [0.29, 0.717) is 24.4 Å². The molecule has 0 fully saturated rings. The van der Waals surface area contributed by atoms with Gasteiger partial charge in [0.05, 0.1) is 11.9 Å². The number of carboxylic acid groups (broad SMARTS) is 2. The number of aromatic nitrogens is 3. The van der Waals surface area contributed by atoms with Crippen LogP contribution >= 0.6 is 0 Å². The summed E-state index contributed by atoms with van der Waals surface area (Å²) >= 11 is 0. The van der Waals surface area contributed by atoms with Crippen LogP contribution in [0.3, 0.4) is 0 Å². The zero-order valence-corrected chi connectivity index (χ0v) is 18.2. The summed E-state index contributed by atoms with van der Waals surface area (Å²) in [7, 11) is 1.35. The molecule has 2 aliphatic rings. The number of benzene rings is 1. The van der Waals surface area contributed by atoms with E-state index < -0.39 is 23.4 Å². The van der Waals surface area contributed by atoms with Crippen molar-refractivity contribution in [3.05, 3.63) is 47.8 Å². The number of aliphatic carboxylic acids is 2. The second kappa shape index (κ2) is 9.15. The zero-order chi connectivity index (χ0) is 24.3. The van der Waals surface area contributed by atoms with Gasteiger partial charge in [-0.1, -0.05) is 12.1 Å². The highest BCUT2D eigenvalue weighted by Crippen LogP contribution is 2.30. The molecule has 11 nitrogen and oxygen atoms in total. The summed E-state index contributed by atoms with van der Waals surface area (Å²) in [6.07, 6.45) is 1.41. The number of aromatic hydroxyl groups is 1. The van der Waals surface area contributed by atoms with Crippen LogP contribution in [0.15, 0.2) is 36.7 Å². The number of carbonyl (C=O) groups is 3. The van der Waals surface area contributed by atoms with Crippen molar-refractivity contribution in [2.24, 2.45) is 0 Å². The number of carboxylic acids is 2. The van der Waals surface area contributed by atoms with Crippen molar-refractivity contribution in [1.82, 2.24) is 19.4 Å². The summed E-state index contributed by atoms with van der Waals surface area (Å²) in [6.45, 7) is 1.74. The van der Waals surface area contributed by atoms with E-state index in [-0.39, 0.29) is 30.1 Å². The molecule has 1 amide bonds. The van der Waals surface area contributed by atoms with Crippen molar-refractivity contribution >= 4 is 23.7 Å². The fourth-order valence-corrected chi connectivity index (χ4v) is 3.44. The van der Waals surface area contributed by atoms with Gasteiger partial charge in [-0.05, 0) is 43.5 Å². The molecule has 0 spiro atoms. The predicted molar refractivity (Wildman–Crippen MR) is 118 cm³/mol. The van der Waals surface area contributed by atoms with E-state index in [1.807, 2.05) is 0 Å². The second-order valence-electron chi connectivity index (χ2n) is 7.96. The highest BCUT2D eigenvalue weighted by molar-refractivity contribution is 5.97. The molecule has 5 N–H and O–H groups in total. The average molecular weight is 455 g/mol. The largest absolute Gasteiger partial charge is 0.494 e. The minimum absolute atomic E-state index is 0.00643. The standard InChI is InChI=1S/C22H25N5O6/c1-22(21(32)33,9-7-17(28)29)26(2)19(30)14-5-3-13(4-6-14)8-10-27-12-24-18-15(20(27)31)11-16(23)25-18/h3-6,11-12,31H,7-10,23H2,1-2H3,(H,28,29)(H,32,33)/t22-/m0/s1. The molecular formula is C22H25N5O6. The first kappa shape index (κ1) is 23.5. The van der Waals surface area contributed by atoms with E-state index in [2.05, 4.69) is 9.97 Å². The van der Waals surface area contributed by atoms with Crippen LogP contribution in [0.4, 0.5) is 5.82 Å². The highest BCUT2D eigenvalue weighted by Gasteiger charge is 2.40. The van der Waals surface area contributed by atoms with Gasteiger partial charge >= 0.3 is 11.9 Å². The molecule has 0 saturated carbocycles. The SMILES string of the molecule is CN(C(=O)c1ccc(CCn2cnc3nc(N)cc-3c2O)cc1)[C@@](C)(CCC(=O)O)C(=O)O. The predicted octanol–water partition coefficient (Wildman–Crippen LogP) is 1.69. The number of likely N-dealkylation sites (N-methyl/N-ethyl adjacent to an activating group) is 1. The van der Waals surface area contributed by atoms with Crippen LogP contribution in [-0.4, -0.2) is 65.2 Å². The quantitative estimate of drug-likeness (QED) is 0.374. The summed E-state index contributed by atoms with van der Waals surface area (Å²) in [5.41, 5.74) is 5.61. The Morgan fingerprint density at radius 3 is 2.45 bits per heavy atom. The lowest BCUT2D eigenvalue weighted by molar-refractivity contribution is -0.149. The number of hydrogen-bond acceptors (Lipinski definition) is 7. The lowest BCUT2D eigenvalue weighted by Crippen LogP contribution is -2.53. The van der Waals surface area contributed by atoms with Crippen molar-refractivity contribution in [3.63, 3.8) is 0 Å². The topological polar surface area (TPSA) is 172 Å². The van der Waals surface area contributed by atoms with Crippen molar-refractivity contribution in [3.8, 4) is 17.3 Å². The van der Waals surface area contributed by atoms with E-state index in [4.69, 9.17) is 10.8 Å². The van der Waals surface area contributed by atoms with Crippen LogP contribution in [0.2, 0.25) is 0 Å². The third kappa shape index (κ3) is 4.86. The van der Waals surface area contributed by atoms with Crippen LogP contribution in [0.5, 0.6) is 5.88 Å². The van der Waals surface area contributed by atoms with Crippen LogP contribution in [0, 0.1) is 0 Å². The average Bonchev–Trinajstić information content (AvgIpc) is 3.17. The first-order valence-corrected chi connectivity index (χ1v) is 10.2. The van der Waals surface area contributed by atoms with Crippen LogP contribution in [-0.2, 0) is 22.6 Å². The second-order valence-corrected chi connectivity index (χ2v) is 7.96. The Morgan fingerprint density at radius 1 is 1.18 bits per heavy atom. The van der Waals surface area contributed by atoms with Gasteiger partial charge in [0, 0.05) is 25.6 Å². The Bertz CT molecular complexity index is 1160. The maximum absolute atomic E-state index is 12.9. The number of aryl methyl sites for hydroxylation is 2. The number of nitrogen functional groups attached to an aromatic ring is 1. The van der Waals surface area contributed by atoms with Crippen LogP contribution < -0.4 is 5.73 Å². The Morgan fingerprint density at radius 2 is 1.85 bits per heavy atom. The summed E-state index contributed by atoms with van der Waals surface area (Å²) < 4.78 is 1.57. The summed E-state index contributed by atoms with van der Waals surface area (Å²) in [4.78, 5) is 44.8. The zero-order valence-electron chi connectivity index (χ0n) is 18.2. The molecule has 0 radical (unpaired) electrons. The fraction of sp³-hybridized carbons (Fsp3) is 0.318. The molecule has 11 heteroatoms. The first-order valence-electron chi connectivity index (χ1n) is 10.2. The summed E-state index contributed by atoms with van der Waals surface area (Å²) in [5, 5.41) is 28.9. The van der Waals surface area contributed by atoms with E-state index >= 15 is 0 Å². The summed E-state index contributed by atoms with van der Waals surface area (Å²) in [6, 6.07) is 8.19. The number of carbonyl (C=O) groups excluding carboxylic acids is 1. The smallest absolute Gasteiger partial charge is 0.329 e. The minimum atomic E-state index is -1.66. The number of nitrogens with two attached hydrogens (primary N) is 1. The molecule has 1 aromatic carbocycles. The van der Waals surface area contributed by atoms with Gasteiger partial charge in [-0.15, -0.1) is 0 Å². The van der Waals surface area contributed by atoms with Crippen molar-refractivity contribution in [2.45, 2.75) is 38.3 Å². The normalized spacial score (nSPS) is 12.9. The molecule has 0 bridgehead atoms. The molecule has 2 heterocycles. The van der Waals surface area contributed by atoms with Gasteiger partial charge in [-0.3, -0.25) is 9.59 Å². The lowest BCUT2D eigenvalue weighted by Gasteiger charge is -2.35. The van der Waals surface area contributed by atoms with Gasteiger partial charge in [0.2, 0.25) is 5.88 Å². The number of amides is 1. The van der Waals surface area contributed by atoms with E-state index in [9.17, 15) is 24.6 Å². The lowest BCUT2D eigenvalue weighted by atomic mass is 9.93. The van der Waals surface area contributed by atoms with Crippen molar-refractivity contribution < 1.29 is 29.7 Å². The fourth-order valence-electron chi connectivity index (χ4n) is 3.44. The third-order valence-corrected chi connectivity index (χ3v) is 5.77. The maximum Gasteiger partial charge on any atom is 0.329 e. The monoisotopic (exact) mass is 455 g/mol. The van der Waals surface area contributed by atoms with Gasteiger partial charge in [0.25, 0.3) is 5.91 Å². The third-order valence-electron chi connectivity index (χ3n) is 5.77. The molecule has 1 aromatic rings.